The molecule has 3 N–H and O–H groups in total. The van der Waals surface area contributed by atoms with Crippen molar-refractivity contribution in [3.63, 3.8) is 0 Å². The fourth-order valence-electron chi connectivity index (χ4n) is 3.12. The number of amides is 3. The summed E-state index contributed by atoms with van der Waals surface area (Å²) in [5.41, 5.74) is 3.37. The third-order valence-electron chi connectivity index (χ3n) is 4.65. The largest absolute Gasteiger partial charge is 0.376 e. The molecular formula is C19H25N5O3. The third kappa shape index (κ3) is 4.65. The molecule has 1 unspecified atom stereocenters. The van der Waals surface area contributed by atoms with E-state index in [0.717, 1.165) is 25.1 Å². The van der Waals surface area contributed by atoms with Crippen LogP contribution < -0.4 is 16.0 Å². The second-order valence-electron chi connectivity index (χ2n) is 6.67. The molecule has 1 atom stereocenters. The van der Waals surface area contributed by atoms with Crippen molar-refractivity contribution in [2.45, 2.75) is 32.8 Å². The van der Waals surface area contributed by atoms with E-state index in [-0.39, 0.29) is 18.0 Å². The highest BCUT2D eigenvalue weighted by Gasteiger charge is 2.18. The highest BCUT2D eigenvalue weighted by atomic mass is 16.5. The van der Waals surface area contributed by atoms with Crippen LogP contribution in [0.4, 0.5) is 16.2 Å². The molecule has 1 aromatic carbocycles. The lowest BCUT2D eigenvalue weighted by atomic mass is 10.2. The molecule has 0 saturated carbocycles. The summed E-state index contributed by atoms with van der Waals surface area (Å²) < 4.78 is 7.16. The quantitative estimate of drug-likeness (QED) is 0.752. The van der Waals surface area contributed by atoms with Crippen molar-refractivity contribution in [1.29, 1.82) is 0 Å². The van der Waals surface area contributed by atoms with E-state index in [9.17, 15) is 9.59 Å². The van der Waals surface area contributed by atoms with E-state index in [0.29, 0.717) is 29.2 Å². The van der Waals surface area contributed by atoms with Gasteiger partial charge in [0.2, 0.25) is 0 Å². The second-order valence-corrected chi connectivity index (χ2v) is 6.67. The molecule has 1 aliphatic rings. The zero-order valence-corrected chi connectivity index (χ0v) is 15.8. The van der Waals surface area contributed by atoms with E-state index in [1.807, 2.05) is 20.9 Å². The van der Waals surface area contributed by atoms with E-state index in [1.165, 1.54) is 0 Å². The second kappa shape index (κ2) is 8.22. The van der Waals surface area contributed by atoms with Crippen molar-refractivity contribution in [2.24, 2.45) is 7.05 Å². The minimum absolute atomic E-state index is 0.104. The summed E-state index contributed by atoms with van der Waals surface area (Å²) in [7, 11) is 1.81. The molecule has 144 valence electrons. The first-order valence-corrected chi connectivity index (χ1v) is 9.02. The predicted octanol–water partition coefficient (Wildman–Crippen LogP) is 2.59. The van der Waals surface area contributed by atoms with Crippen LogP contribution in [0.1, 0.15) is 34.6 Å². The van der Waals surface area contributed by atoms with Gasteiger partial charge < -0.3 is 20.7 Å². The van der Waals surface area contributed by atoms with Crippen LogP contribution in [0.5, 0.6) is 0 Å². The fraction of sp³-hybridized carbons (Fsp3) is 0.421. The van der Waals surface area contributed by atoms with Crippen LogP contribution in [0, 0.1) is 13.8 Å². The number of aryl methyl sites for hydroxylation is 2. The normalized spacial score (nSPS) is 16.2. The van der Waals surface area contributed by atoms with Crippen LogP contribution in [0.25, 0.3) is 0 Å². The van der Waals surface area contributed by atoms with Gasteiger partial charge in [0.1, 0.15) is 0 Å². The number of ether oxygens (including phenoxy) is 1. The van der Waals surface area contributed by atoms with E-state index < -0.39 is 0 Å². The monoisotopic (exact) mass is 371 g/mol. The summed E-state index contributed by atoms with van der Waals surface area (Å²) in [6.07, 6.45) is 2.12. The number of nitrogens with one attached hydrogen (secondary N) is 3. The molecular weight excluding hydrogens is 346 g/mol. The Morgan fingerprint density at radius 1 is 1.19 bits per heavy atom. The van der Waals surface area contributed by atoms with Crippen molar-refractivity contribution in [1.82, 2.24) is 15.1 Å². The van der Waals surface area contributed by atoms with Gasteiger partial charge >= 0.3 is 6.03 Å². The van der Waals surface area contributed by atoms with E-state index in [1.54, 1.807) is 28.9 Å². The number of aromatic nitrogens is 2. The Morgan fingerprint density at radius 3 is 2.41 bits per heavy atom. The molecule has 8 nitrogen and oxygen atoms in total. The van der Waals surface area contributed by atoms with Gasteiger partial charge in [-0.15, -0.1) is 0 Å². The number of anilines is 2. The third-order valence-corrected chi connectivity index (χ3v) is 4.65. The Kier molecular flexibility index (Phi) is 5.75. The van der Waals surface area contributed by atoms with Gasteiger partial charge in [0.25, 0.3) is 5.91 Å². The number of urea groups is 1. The maximum Gasteiger partial charge on any atom is 0.319 e. The average molecular weight is 371 g/mol. The Hall–Kier alpha value is -2.87. The molecule has 1 saturated heterocycles. The first kappa shape index (κ1) is 18.9. The molecule has 2 aromatic rings. The highest BCUT2D eigenvalue weighted by molar-refractivity contribution is 6.06. The van der Waals surface area contributed by atoms with Crippen LogP contribution in [0.3, 0.4) is 0 Å². The van der Waals surface area contributed by atoms with Gasteiger partial charge in [-0.1, -0.05) is 0 Å². The number of hydrogen-bond acceptors (Lipinski definition) is 4. The topological polar surface area (TPSA) is 97.3 Å². The average Bonchev–Trinajstić information content (AvgIpc) is 3.23. The summed E-state index contributed by atoms with van der Waals surface area (Å²) >= 11 is 0. The SMILES string of the molecule is Cc1nn(C)c(C)c1C(=O)Nc1ccc(NC(=O)NCC2CCCO2)cc1. The van der Waals surface area contributed by atoms with Crippen LogP contribution in [0.2, 0.25) is 0 Å². The van der Waals surface area contributed by atoms with Crippen LogP contribution in [-0.4, -0.2) is 41.0 Å². The van der Waals surface area contributed by atoms with Gasteiger partial charge in [0.05, 0.1) is 17.4 Å². The summed E-state index contributed by atoms with van der Waals surface area (Å²) in [5, 5.41) is 12.7. The van der Waals surface area contributed by atoms with Gasteiger partial charge in [0, 0.05) is 37.3 Å². The molecule has 3 amide bonds. The van der Waals surface area contributed by atoms with E-state index in [4.69, 9.17) is 4.74 Å². The minimum atomic E-state index is -0.274. The molecule has 3 rings (SSSR count). The van der Waals surface area contributed by atoms with Gasteiger partial charge in [-0.05, 0) is 51.0 Å². The van der Waals surface area contributed by atoms with Crippen molar-refractivity contribution in [3.05, 3.63) is 41.2 Å². The smallest absolute Gasteiger partial charge is 0.319 e. The molecule has 0 bridgehead atoms. The molecule has 27 heavy (non-hydrogen) atoms. The highest BCUT2D eigenvalue weighted by Crippen LogP contribution is 2.17. The van der Waals surface area contributed by atoms with Crippen molar-refractivity contribution < 1.29 is 14.3 Å². The Balaban J connectivity index is 1.53. The summed E-state index contributed by atoms with van der Waals surface area (Å²) in [4.78, 5) is 24.4. The number of nitrogens with zero attached hydrogens (tertiary/aromatic N) is 2. The van der Waals surface area contributed by atoms with Gasteiger partial charge in [-0.3, -0.25) is 9.48 Å². The zero-order chi connectivity index (χ0) is 19.4. The number of benzene rings is 1. The molecule has 0 spiro atoms. The standard InChI is InChI=1S/C19H25N5O3/c1-12-17(13(2)24(3)23-12)18(25)21-14-6-8-15(9-7-14)22-19(26)20-11-16-5-4-10-27-16/h6-9,16H,4-5,10-11H2,1-3H3,(H,21,25)(H2,20,22,26). The van der Waals surface area contributed by atoms with E-state index >= 15 is 0 Å². The predicted molar refractivity (Wildman–Crippen MR) is 103 cm³/mol. The Morgan fingerprint density at radius 2 is 1.85 bits per heavy atom. The number of hydrogen-bond donors (Lipinski definition) is 3. The van der Waals surface area contributed by atoms with Crippen LogP contribution in [-0.2, 0) is 11.8 Å². The lowest BCUT2D eigenvalue weighted by molar-refractivity contribution is 0.102. The summed E-state index contributed by atoms with van der Waals surface area (Å²) in [6.45, 7) is 4.93. The van der Waals surface area contributed by atoms with Crippen molar-refractivity contribution in [2.75, 3.05) is 23.8 Å². The van der Waals surface area contributed by atoms with Gasteiger partial charge in [-0.25, -0.2) is 4.79 Å². The molecule has 1 aliphatic heterocycles. The summed E-state index contributed by atoms with van der Waals surface area (Å²) in [6, 6.07) is 6.70. The molecule has 1 aromatic heterocycles. The lowest BCUT2D eigenvalue weighted by Gasteiger charge is -2.12. The van der Waals surface area contributed by atoms with Gasteiger partial charge in [0.15, 0.2) is 0 Å². The lowest BCUT2D eigenvalue weighted by Crippen LogP contribution is -2.35. The molecule has 1 fully saturated rings. The molecule has 8 heteroatoms. The van der Waals surface area contributed by atoms with Crippen molar-refractivity contribution >= 4 is 23.3 Å². The van der Waals surface area contributed by atoms with Gasteiger partial charge in [-0.2, -0.15) is 5.10 Å². The van der Waals surface area contributed by atoms with Crippen molar-refractivity contribution in [3.8, 4) is 0 Å². The molecule has 0 aliphatic carbocycles. The maximum atomic E-state index is 12.5. The maximum absolute atomic E-state index is 12.5. The summed E-state index contributed by atoms with van der Waals surface area (Å²) in [5.74, 6) is -0.201. The Bertz CT molecular complexity index is 823. The molecule has 0 radical (unpaired) electrons. The van der Waals surface area contributed by atoms with E-state index in [2.05, 4.69) is 21.0 Å². The number of rotatable bonds is 5. The molecule has 2 heterocycles. The zero-order valence-electron chi connectivity index (χ0n) is 15.8. The first-order valence-electron chi connectivity index (χ1n) is 9.02. The van der Waals surface area contributed by atoms with Crippen LogP contribution >= 0.6 is 0 Å². The number of carbonyl (C=O) groups excluding carboxylic acids is 2. The van der Waals surface area contributed by atoms with Crippen LogP contribution in [0.15, 0.2) is 24.3 Å². The minimum Gasteiger partial charge on any atom is -0.376 e. The Labute approximate surface area is 158 Å². The first-order chi connectivity index (χ1) is 12.9. The number of carbonyl (C=O) groups is 2. The fourth-order valence-corrected chi connectivity index (χ4v) is 3.12.